The largest absolute Gasteiger partial charge is 0.377 e. The second-order valence-electron chi connectivity index (χ2n) is 8.62. The van der Waals surface area contributed by atoms with E-state index in [4.69, 9.17) is 0 Å². The third kappa shape index (κ3) is 4.13. The van der Waals surface area contributed by atoms with Crippen molar-refractivity contribution in [2.75, 3.05) is 5.32 Å². The Morgan fingerprint density at radius 3 is 1.97 bits per heavy atom. The van der Waals surface area contributed by atoms with Crippen molar-refractivity contribution in [1.29, 1.82) is 0 Å². The molecular weight excluding hydrogens is 429 g/mol. The minimum Gasteiger partial charge on any atom is -0.377 e. The number of nitrogens with one attached hydrogen (secondary N) is 1. The van der Waals surface area contributed by atoms with Crippen molar-refractivity contribution < 1.29 is 0 Å². The average Bonchev–Trinajstić information content (AvgIpc) is 2.90. The van der Waals surface area contributed by atoms with Gasteiger partial charge in [0.25, 0.3) is 0 Å². The zero-order chi connectivity index (χ0) is 22.0. The fourth-order valence-electron chi connectivity index (χ4n) is 5.06. The maximum atomic E-state index is 4.01. The summed E-state index contributed by atoms with van der Waals surface area (Å²) >= 11 is 0. The number of hydrogen-bond donors (Lipinski definition) is 1. The summed E-state index contributed by atoms with van der Waals surface area (Å²) in [5, 5.41) is 10.9. The Kier molecular flexibility index (Phi) is 6.48. The van der Waals surface area contributed by atoms with Crippen molar-refractivity contribution in [3.05, 3.63) is 132 Å². The molecule has 0 radical (unpaired) electrons. The fourth-order valence-corrected chi connectivity index (χ4v) is 7.53. The van der Waals surface area contributed by atoms with Gasteiger partial charge in [-0.25, -0.2) is 0 Å². The number of hydrogen-bond acceptors (Lipinski definition) is 1. The molecule has 0 saturated heterocycles. The van der Waals surface area contributed by atoms with Gasteiger partial charge in [-0.15, -0.1) is 0 Å². The lowest BCUT2D eigenvalue weighted by Crippen LogP contribution is -2.28. The van der Waals surface area contributed by atoms with E-state index >= 15 is 0 Å². The molecule has 5 aromatic rings. The zero-order valence-electron chi connectivity index (χ0n) is 18.5. The minimum absolute atomic E-state index is 0. The first-order valence-corrected chi connectivity index (χ1v) is 13.0. The Morgan fingerprint density at radius 2 is 1.24 bits per heavy atom. The van der Waals surface area contributed by atoms with Crippen LogP contribution in [-0.2, 0) is 6.42 Å². The van der Waals surface area contributed by atoms with Gasteiger partial charge < -0.3 is 5.32 Å². The molecule has 0 amide bonds. The molecular formula is C32H30NP. The normalized spacial score (nSPS) is 14.8. The number of fused-ring (bicyclic) bond motifs is 2. The predicted octanol–water partition coefficient (Wildman–Crippen LogP) is 7.33. The van der Waals surface area contributed by atoms with Crippen LogP contribution in [0.15, 0.2) is 121 Å². The summed E-state index contributed by atoms with van der Waals surface area (Å²) < 4.78 is 0. The van der Waals surface area contributed by atoms with E-state index in [2.05, 4.69) is 127 Å². The average molecular weight is 460 g/mol. The molecule has 0 spiro atoms. The Balaban J connectivity index is 0.00000241. The standard InChI is InChI=1S/C31H26NP.CH4/c1-3-14-25(15-4-1)33(26-16-5-2-6-17-26)30-20-10-13-24-21-22-29(32-31(24)30)28-19-9-12-23-11-7-8-18-27(23)28;/h1-20,29,32H,21-22H2;1H4. The quantitative estimate of drug-likeness (QED) is 0.277. The van der Waals surface area contributed by atoms with E-state index in [-0.39, 0.29) is 7.43 Å². The summed E-state index contributed by atoms with van der Waals surface area (Å²) in [6, 6.07) is 44.6. The lowest BCUT2D eigenvalue weighted by atomic mass is 9.90. The maximum Gasteiger partial charge on any atom is 0.0523 e. The van der Waals surface area contributed by atoms with Crippen LogP contribution in [0, 0.1) is 0 Å². The third-order valence-electron chi connectivity index (χ3n) is 6.62. The van der Waals surface area contributed by atoms with Gasteiger partial charge in [-0.05, 0) is 53.3 Å². The molecule has 1 heterocycles. The van der Waals surface area contributed by atoms with Gasteiger partial charge in [-0.1, -0.05) is 129 Å². The molecule has 0 aromatic heterocycles. The molecule has 34 heavy (non-hydrogen) atoms. The third-order valence-corrected chi connectivity index (χ3v) is 9.10. The van der Waals surface area contributed by atoms with Crippen LogP contribution < -0.4 is 21.2 Å². The molecule has 6 rings (SSSR count). The van der Waals surface area contributed by atoms with Crippen molar-refractivity contribution >= 4 is 40.3 Å². The highest BCUT2D eigenvalue weighted by atomic mass is 31.1. The molecule has 2 heteroatoms. The lowest BCUT2D eigenvalue weighted by molar-refractivity contribution is 0.673. The number of benzene rings is 5. The fraction of sp³-hybridized carbons (Fsp3) is 0.125. The first kappa shape index (κ1) is 22.4. The first-order chi connectivity index (χ1) is 16.4. The van der Waals surface area contributed by atoms with E-state index in [9.17, 15) is 0 Å². The van der Waals surface area contributed by atoms with E-state index in [1.54, 1.807) is 0 Å². The van der Waals surface area contributed by atoms with Gasteiger partial charge in [-0.3, -0.25) is 0 Å². The molecule has 0 fully saturated rings. The smallest absolute Gasteiger partial charge is 0.0523 e. The Morgan fingerprint density at radius 1 is 0.618 bits per heavy atom. The number of aryl methyl sites for hydroxylation is 1. The predicted molar refractivity (Wildman–Crippen MR) is 151 cm³/mol. The summed E-state index contributed by atoms with van der Waals surface area (Å²) in [4.78, 5) is 0. The molecule has 168 valence electrons. The molecule has 1 nitrogen and oxygen atoms in total. The minimum atomic E-state index is -0.646. The zero-order valence-corrected chi connectivity index (χ0v) is 19.4. The van der Waals surface area contributed by atoms with E-state index in [0.717, 1.165) is 12.8 Å². The molecule has 0 bridgehead atoms. The van der Waals surface area contributed by atoms with Crippen LogP contribution in [-0.4, -0.2) is 0 Å². The highest BCUT2D eigenvalue weighted by Crippen LogP contribution is 2.41. The summed E-state index contributed by atoms with van der Waals surface area (Å²) in [6.45, 7) is 0. The summed E-state index contributed by atoms with van der Waals surface area (Å²) in [6.07, 6.45) is 2.20. The van der Waals surface area contributed by atoms with E-state index in [0.29, 0.717) is 6.04 Å². The first-order valence-electron chi connectivity index (χ1n) is 11.6. The van der Waals surface area contributed by atoms with Crippen molar-refractivity contribution in [2.24, 2.45) is 0 Å². The van der Waals surface area contributed by atoms with Crippen LogP contribution in [0.1, 0.15) is 31.0 Å². The monoisotopic (exact) mass is 459 g/mol. The summed E-state index contributed by atoms with van der Waals surface area (Å²) in [7, 11) is -0.646. The van der Waals surface area contributed by atoms with E-state index in [1.807, 2.05) is 0 Å². The van der Waals surface area contributed by atoms with Crippen molar-refractivity contribution in [1.82, 2.24) is 0 Å². The molecule has 0 saturated carbocycles. The van der Waals surface area contributed by atoms with Gasteiger partial charge in [0.1, 0.15) is 0 Å². The summed E-state index contributed by atoms with van der Waals surface area (Å²) in [5.74, 6) is 0. The molecule has 0 aliphatic carbocycles. The van der Waals surface area contributed by atoms with Gasteiger partial charge in [0.05, 0.1) is 6.04 Å². The number of anilines is 1. The highest BCUT2D eigenvalue weighted by molar-refractivity contribution is 7.80. The molecule has 1 aliphatic rings. The van der Waals surface area contributed by atoms with Crippen LogP contribution in [0.5, 0.6) is 0 Å². The van der Waals surface area contributed by atoms with Crippen LogP contribution >= 0.6 is 7.92 Å². The lowest BCUT2D eigenvalue weighted by Gasteiger charge is -2.32. The molecule has 1 unspecified atom stereocenters. The topological polar surface area (TPSA) is 12.0 Å². The van der Waals surface area contributed by atoms with Gasteiger partial charge in [0.15, 0.2) is 0 Å². The molecule has 1 atom stereocenters. The molecule has 5 aromatic carbocycles. The second kappa shape index (κ2) is 9.84. The van der Waals surface area contributed by atoms with Crippen molar-refractivity contribution in [3.63, 3.8) is 0 Å². The van der Waals surface area contributed by atoms with Crippen molar-refractivity contribution in [2.45, 2.75) is 26.3 Å². The second-order valence-corrected chi connectivity index (χ2v) is 10.8. The van der Waals surface area contributed by atoms with Crippen LogP contribution in [0.25, 0.3) is 10.8 Å². The molecule has 1 aliphatic heterocycles. The van der Waals surface area contributed by atoms with Crippen molar-refractivity contribution in [3.8, 4) is 0 Å². The Hall–Kier alpha value is -3.41. The molecule has 1 N–H and O–H groups in total. The number of rotatable bonds is 4. The number of para-hydroxylation sites is 1. The Labute approximate surface area is 204 Å². The summed E-state index contributed by atoms with van der Waals surface area (Å²) in [5.41, 5.74) is 4.17. The van der Waals surface area contributed by atoms with Crippen LogP contribution in [0.4, 0.5) is 5.69 Å². The Bertz CT molecular complexity index is 1350. The van der Waals surface area contributed by atoms with Crippen LogP contribution in [0.2, 0.25) is 0 Å². The van der Waals surface area contributed by atoms with Crippen LogP contribution in [0.3, 0.4) is 0 Å². The maximum absolute atomic E-state index is 4.01. The van der Waals surface area contributed by atoms with Gasteiger partial charge in [-0.2, -0.15) is 0 Å². The SMILES string of the molecule is C.c1ccc(P(c2ccccc2)c2cccc3c2NC(c2cccc4ccccc24)CC3)cc1. The van der Waals surface area contributed by atoms with E-state index in [1.165, 1.54) is 43.5 Å². The van der Waals surface area contributed by atoms with E-state index < -0.39 is 7.92 Å². The van der Waals surface area contributed by atoms with Gasteiger partial charge in [0.2, 0.25) is 0 Å². The highest BCUT2D eigenvalue weighted by Gasteiger charge is 2.26. The van der Waals surface area contributed by atoms with Gasteiger partial charge >= 0.3 is 0 Å². The van der Waals surface area contributed by atoms with Gasteiger partial charge in [0, 0.05) is 11.0 Å².